The summed E-state index contributed by atoms with van der Waals surface area (Å²) in [6.07, 6.45) is -0.653. The molecule has 0 bridgehead atoms. The third-order valence-corrected chi connectivity index (χ3v) is 6.88. The molecule has 1 saturated heterocycles. The van der Waals surface area contributed by atoms with Gasteiger partial charge in [0, 0.05) is 18.2 Å². The van der Waals surface area contributed by atoms with Crippen LogP contribution in [0.5, 0.6) is 0 Å². The van der Waals surface area contributed by atoms with Crippen LogP contribution in [0.4, 0.5) is 26.0 Å². The number of ether oxygens (including phenoxy) is 2. The first-order valence-electron chi connectivity index (χ1n) is 11.0. The van der Waals surface area contributed by atoms with Crippen LogP contribution in [0.2, 0.25) is 0 Å². The number of carbonyl (C=O) groups is 1. The number of anilines is 3. The minimum Gasteiger partial charge on any atom is -0.376 e. The summed E-state index contributed by atoms with van der Waals surface area (Å²) >= 11 is 0. The van der Waals surface area contributed by atoms with Crippen molar-refractivity contribution in [3.05, 3.63) is 35.7 Å². The van der Waals surface area contributed by atoms with Crippen molar-refractivity contribution in [2.24, 2.45) is 5.92 Å². The lowest BCUT2D eigenvalue weighted by atomic mass is 10.1. The number of imidazole rings is 1. The molecule has 1 aliphatic heterocycles. The molecule has 5 rings (SSSR count). The fourth-order valence-corrected chi connectivity index (χ4v) is 4.69. The summed E-state index contributed by atoms with van der Waals surface area (Å²) in [4.78, 5) is 22.8. The molecule has 1 aliphatic carbocycles. The maximum Gasteiger partial charge on any atom is 0.295 e. The molecular weight excluding hydrogens is 484 g/mol. The summed E-state index contributed by atoms with van der Waals surface area (Å²) < 4.78 is 63.0. The number of rotatable bonds is 7. The third kappa shape index (κ3) is 5.11. The number of nitrogens with one attached hydrogen (secondary N) is 3. The van der Waals surface area contributed by atoms with E-state index in [1.807, 2.05) is 0 Å². The molecule has 35 heavy (non-hydrogen) atoms. The van der Waals surface area contributed by atoms with Crippen LogP contribution in [0, 0.1) is 5.92 Å². The number of benzene rings is 1. The number of alkyl halides is 2. The zero-order chi connectivity index (χ0) is 24.7. The lowest BCUT2D eigenvalue weighted by molar-refractivity contribution is -0.117. The summed E-state index contributed by atoms with van der Waals surface area (Å²) in [5.41, 5.74) is 1.16. The van der Waals surface area contributed by atoms with Gasteiger partial charge in [-0.3, -0.25) is 4.79 Å². The zero-order valence-electron chi connectivity index (χ0n) is 18.7. The number of pyridine rings is 1. The SMILES string of the molecule is CS(=O)(=O)c1cc([C@H]2COCCO2)ccc1Nc1cc(NC(=O)C2CC2)nc2[nH]c(C(F)F)nc12. The fraction of sp³-hybridized carbons (Fsp3) is 0.409. The van der Waals surface area contributed by atoms with Gasteiger partial charge in [-0.1, -0.05) is 6.07 Å². The number of amides is 1. The molecule has 186 valence electrons. The first-order chi connectivity index (χ1) is 16.7. The van der Waals surface area contributed by atoms with Gasteiger partial charge in [-0.2, -0.15) is 0 Å². The topological polar surface area (TPSA) is 135 Å². The van der Waals surface area contributed by atoms with Gasteiger partial charge in [0.2, 0.25) is 5.91 Å². The average Bonchev–Trinajstić information content (AvgIpc) is 3.58. The van der Waals surface area contributed by atoms with E-state index in [-0.39, 0.29) is 45.1 Å². The van der Waals surface area contributed by atoms with Crippen LogP contribution in [0.15, 0.2) is 29.2 Å². The van der Waals surface area contributed by atoms with Gasteiger partial charge in [-0.15, -0.1) is 0 Å². The molecule has 0 radical (unpaired) electrons. The quantitative estimate of drug-likeness (QED) is 0.442. The van der Waals surface area contributed by atoms with Crippen LogP contribution in [-0.4, -0.2) is 55.4 Å². The van der Waals surface area contributed by atoms with E-state index in [1.54, 1.807) is 12.1 Å². The van der Waals surface area contributed by atoms with Crippen molar-refractivity contribution < 1.29 is 31.5 Å². The van der Waals surface area contributed by atoms with Crippen molar-refractivity contribution in [2.75, 3.05) is 36.7 Å². The summed E-state index contributed by atoms with van der Waals surface area (Å²) in [5, 5.41) is 5.68. The van der Waals surface area contributed by atoms with Crippen molar-refractivity contribution in [1.82, 2.24) is 15.0 Å². The second-order valence-electron chi connectivity index (χ2n) is 8.53. The van der Waals surface area contributed by atoms with Gasteiger partial charge in [0.25, 0.3) is 6.43 Å². The van der Waals surface area contributed by atoms with E-state index < -0.39 is 28.2 Å². The van der Waals surface area contributed by atoms with Crippen LogP contribution in [0.3, 0.4) is 0 Å². The maximum absolute atomic E-state index is 13.3. The molecule has 1 saturated carbocycles. The van der Waals surface area contributed by atoms with Crippen LogP contribution >= 0.6 is 0 Å². The molecule has 13 heteroatoms. The summed E-state index contributed by atoms with van der Waals surface area (Å²) in [7, 11) is -3.70. The Morgan fingerprint density at radius 3 is 2.63 bits per heavy atom. The highest BCUT2D eigenvalue weighted by atomic mass is 32.2. The van der Waals surface area contributed by atoms with Crippen molar-refractivity contribution in [3.63, 3.8) is 0 Å². The molecule has 3 N–H and O–H groups in total. The van der Waals surface area contributed by atoms with Crippen LogP contribution < -0.4 is 10.6 Å². The van der Waals surface area contributed by atoms with Crippen molar-refractivity contribution in [1.29, 1.82) is 0 Å². The summed E-state index contributed by atoms with van der Waals surface area (Å²) in [6, 6.07) is 6.22. The van der Waals surface area contributed by atoms with E-state index in [1.165, 1.54) is 12.1 Å². The number of aromatic amines is 1. The fourth-order valence-electron chi connectivity index (χ4n) is 3.82. The Labute approximate surface area is 199 Å². The zero-order valence-corrected chi connectivity index (χ0v) is 19.5. The second kappa shape index (κ2) is 9.13. The number of fused-ring (bicyclic) bond motifs is 1. The lowest BCUT2D eigenvalue weighted by Gasteiger charge is -2.24. The Morgan fingerprint density at radius 2 is 1.97 bits per heavy atom. The molecule has 2 aliphatic rings. The van der Waals surface area contributed by atoms with E-state index in [9.17, 15) is 22.0 Å². The van der Waals surface area contributed by atoms with E-state index >= 15 is 0 Å². The molecule has 2 fully saturated rings. The maximum atomic E-state index is 13.3. The monoisotopic (exact) mass is 507 g/mol. The normalized spacial score (nSPS) is 18.7. The third-order valence-electron chi connectivity index (χ3n) is 5.74. The number of aromatic nitrogens is 3. The lowest BCUT2D eigenvalue weighted by Crippen LogP contribution is -2.22. The molecule has 2 aromatic heterocycles. The minimum absolute atomic E-state index is 0.0117. The van der Waals surface area contributed by atoms with Crippen LogP contribution in [-0.2, 0) is 24.1 Å². The predicted octanol–water partition coefficient (Wildman–Crippen LogP) is 3.48. The largest absolute Gasteiger partial charge is 0.376 e. The van der Waals surface area contributed by atoms with Crippen molar-refractivity contribution >= 4 is 44.1 Å². The number of sulfone groups is 1. The smallest absolute Gasteiger partial charge is 0.295 e. The van der Waals surface area contributed by atoms with Crippen molar-refractivity contribution in [2.45, 2.75) is 30.3 Å². The number of hydrogen-bond acceptors (Lipinski definition) is 8. The van der Waals surface area contributed by atoms with Gasteiger partial charge in [0.15, 0.2) is 21.3 Å². The predicted molar refractivity (Wildman–Crippen MR) is 123 cm³/mol. The van der Waals surface area contributed by atoms with Gasteiger partial charge < -0.3 is 25.1 Å². The molecule has 1 atom stereocenters. The summed E-state index contributed by atoms with van der Waals surface area (Å²) in [6.45, 7) is 1.17. The molecular formula is C22H23F2N5O5S. The average molecular weight is 508 g/mol. The Hall–Kier alpha value is -3.16. The Bertz CT molecular complexity index is 1380. The van der Waals surface area contributed by atoms with Gasteiger partial charge in [0.05, 0.1) is 36.1 Å². The number of halogens is 2. The minimum atomic E-state index is -3.70. The molecule has 3 heterocycles. The van der Waals surface area contributed by atoms with Gasteiger partial charge >= 0.3 is 0 Å². The first-order valence-corrected chi connectivity index (χ1v) is 12.9. The standard InChI is InChI=1S/C22H23F2N5O5S/c1-35(31,32)16-8-12(15-10-33-6-7-34-15)4-5-13(16)25-14-9-17(27-22(30)11-2-3-11)26-20-18(14)28-21(29-20)19(23)24/h4-5,8-9,11,15,19H,2-3,6-7,10H2,1H3,(H3,25,26,27,28,29,30)/t15-/m1/s1. The highest BCUT2D eigenvalue weighted by Crippen LogP contribution is 2.35. The Kier molecular flexibility index (Phi) is 6.15. The number of H-pyrrole nitrogens is 1. The number of nitrogens with zero attached hydrogens (tertiary/aromatic N) is 2. The molecule has 1 aromatic carbocycles. The molecule has 0 unspecified atom stereocenters. The van der Waals surface area contributed by atoms with Gasteiger partial charge in [-0.05, 0) is 30.5 Å². The molecule has 0 spiro atoms. The molecule has 10 nitrogen and oxygen atoms in total. The summed E-state index contributed by atoms with van der Waals surface area (Å²) in [5.74, 6) is -0.772. The number of hydrogen-bond donors (Lipinski definition) is 3. The van der Waals surface area contributed by atoms with E-state index in [0.717, 1.165) is 19.1 Å². The van der Waals surface area contributed by atoms with Crippen LogP contribution in [0.1, 0.15) is 36.8 Å². The van der Waals surface area contributed by atoms with Gasteiger partial charge in [0.1, 0.15) is 17.4 Å². The van der Waals surface area contributed by atoms with Gasteiger partial charge in [-0.25, -0.2) is 27.2 Å². The Balaban J connectivity index is 1.55. The van der Waals surface area contributed by atoms with Crippen molar-refractivity contribution in [3.8, 4) is 0 Å². The van der Waals surface area contributed by atoms with E-state index in [4.69, 9.17) is 9.47 Å². The molecule has 1 amide bonds. The molecule has 3 aromatic rings. The highest BCUT2D eigenvalue weighted by molar-refractivity contribution is 7.90. The highest BCUT2D eigenvalue weighted by Gasteiger charge is 2.30. The number of carbonyl (C=O) groups excluding carboxylic acids is 1. The second-order valence-corrected chi connectivity index (χ2v) is 10.5. The Morgan fingerprint density at radius 1 is 1.17 bits per heavy atom. The van der Waals surface area contributed by atoms with E-state index in [0.29, 0.717) is 25.4 Å². The van der Waals surface area contributed by atoms with E-state index in [2.05, 4.69) is 25.6 Å². The first kappa shape index (κ1) is 23.6. The van der Waals surface area contributed by atoms with Crippen LogP contribution in [0.25, 0.3) is 11.2 Å².